The van der Waals surface area contributed by atoms with Gasteiger partial charge in [0.1, 0.15) is 5.65 Å². The summed E-state index contributed by atoms with van der Waals surface area (Å²) in [6.45, 7) is 0.522. The van der Waals surface area contributed by atoms with Gasteiger partial charge in [-0.25, -0.2) is 9.97 Å². The van der Waals surface area contributed by atoms with Crippen LogP contribution in [0, 0.1) is 0 Å². The number of hydrogen-bond donors (Lipinski definition) is 0. The van der Waals surface area contributed by atoms with Crippen LogP contribution in [0.5, 0.6) is 0 Å². The van der Waals surface area contributed by atoms with E-state index in [1.807, 2.05) is 16.7 Å². The predicted octanol–water partition coefficient (Wildman–Crippen LogP) is 2.30. The molecular weight excluding hydrogens is 308 g/mol. The number of unbranched alkanes of at least 4 members (excludes halogenated alkanes) is 1. The van der Waals surface area contributed by atoms with E-state index >= 15 is 0 Å². The normalized spacial score (nSPS) is 15.3. The molecule has 0 aromatic carbocycles. The summed E-state index contributed by atoms with van der Waals surface area (Å²) in [7, 11) is 0. The quantitative estimate of drug-likeness (QED) is 0.462. The monoisotopic (exact) mass is 322 g/mol. The second-order valence-corrected chi connectivity index (χ2v) is 6.53. The van der Waals surface area contributed by atoms with Gasteiger partial charge in [0.05, 0.1) is 5.75 Å². The fourth-order valence-electron chi connectivity index (χ4n) is 2.07. The Bertz CT molecular complexity index is 657. The largest absolute Gasteiger partial charge is 0.288 e. The number of imide groups is 1. The van der Waals surface area contributed by atoms with Crippen molar-refractivity contribution in [2.24, 2.45) is 0 Å². The maximum absolute atomic E-state index is 11.4. The molecule has 1 aliphatic heterocycles. The lowest BCUT2D eigenvalue weighted by Gasteiger charge is -2.11. The SMILES string of the molecule is O=C1CSC(=O)N1CCCCSc1nccc2nccn12. The molecule has 0 aliphatic carbocycles. The van der Waals surface area contributed by atoms with Crippen LogP contribution in [0.25, 0.3) is 5.65 Å². The number of carbonyl (C=O) groups excluding carboxylic acids is 2. The first-order valence-electron chi connectivity index (χ1n) is 6.64. The average Bonchev–Trinajstić information content (AvgIpc) is 3.08. The van der Waals surface area contributed by atoms with Crippen LogP contribution in [0.15, 0.2) is 29.8 Å². The number of aromatic nitrogens is 3. The fourth-order valence-corrected chi connectivity index (χ4v) is 3.78. The van der Waals surface area contributed by atoms with Crippen molar-refractivity contribution in [2.45, 2.75) is 18.0 Å². The van der Waals surface area contributed by atoms with Crippen LogP contribution in [0.3, 0.4) is 0 Å². The predicted molar refractivity (Wildman–Crippen MR) is 82.5 cm³/mol. The van der Waals surface area contributed by atoms with Crippen LogP contribution < -0.4 is 0 Å². The molecule has 6 nitrogen and oxygen atoms in total. The molecule has 2 aromatic heterocycles. The first-order valence-corrected chi connectivity index (χ1v) is 8.61. The number of fused-ring (bicyclic) bond motifs is 1. The summed E-state index contributed by atoms with van der Waals surface area (Å²) in [6, 6.07) is 1.87. The number of rotatable bonds is 6. The van der Waals surface area contributed by atoms with Gasteiger partial charge in [0, 0.05) is 30.9 Å². The zero-order valence-electron chi connectivity index (χ0n) is 11.3. The number of carbonyl (C=O) groups is 2. The van der Waals surface area contributed by atoms with Gasteiger partial charge >= 0.3 is 0 Å². The summed E-state index contributed by atoms with van der Waals surface area (Å²) >= 11 is 2.75. The molecule has 1 saturated heterocycles. The second kappa shape index (κ2) is 6.48. The summed E-state index contributed by atoms with van der Waals surface area (Å²) < 4.78 is 1.95. The Balaban J connectivity index is 1.45. The van der Waals surface area contributed by atoms with Crippen LogP contribution in [0.1, 0.15) is 12.8 Å². The zero-order chi connectivity index (χ0) is 14.7. The van der Waals surface area contributed by atoms with Gasteiger partial charge in [-0.2, -0.15) is 0 Å². The van der Waals surface area contributed by atoms with Gasteiger partial charge in [-0.3, -0.25) is 18.9 Å². The van der Waals surface area contributed by atoms with Crippen molar-refractivity contribution in [3.8, 4) is 0 Å². The summed E-state index contributed by atoms with van der Waals surface area (Å²) in [4.78, 5) is 32.8. The number of amides is 2. The Morgan fingerprint density at radius 3 is 2.95 bits per heavy atom. The summed E-state index contributed by atoms with van der Waals surface area (Å²) in [5.74, 6) is 1.12. The van der Waals surface area contributed by atoms with Crippen LogP contribution in [0.2, 0.25) is 0 Å². The van der Waals surface area contributed by atoms with Crippen molar-refractivity contribution in [3.63, 3.8) is 0 Å². The molecular formula is C13H14N4O2S2. The van der Waals surface area contributed by atoms with Crippen LogP contribution in [0.4, 0.5) is 4.79 Å². The lowest BCUT2D eigenvalue weighted by Crippen LogP contribution is -2.29. The van der Waals surface area contributed by atoms with E-state index in [2.05, 4.69) is 9.97 Å². The van der Waals surface area contributed by atoms with Crippen molar-refractivity contribution in [2.75, 3.05) is 18.1 Å². The third kappa shape index (κ3) is 3.21. The van der Waals surface area contributed by atoms with Crippen LogP contribution >= 0.6 is 23.5 Å². The molecule has 3 heterocycles. The molecule has 0 unspecified atom stereocenters. The Labute approximate surface area is 130 Å². The Morgan fingerprint density at radius 1 is 1.24 bits per heavy atom. The minimum absolute atomic E-state index is 0.0671. The minimum atomic E-state index is -0.113. The van der Waals surface area contributed by atoms with Gasteiger partial charge < -0.3 is 0 Å². The van der Waals surface area contributed by atoms with Gasteiger partial charge in [0.25, 0.3) is 5.24 Å². The van der Waals surface area contributed by atoms with Crippen molar-refractivity contribution >= 4 is 40.3 Å². The molecule has 1 fully saturated rings. The Hall–Kier alpha value is -1.54. The van der Waals surface area contributed by atoms with E-state index in [1.165, 1.54) is 4.90 Å². The second-order valence-electron chi connectivity index (χ2n) is 4.54. The van der Waals surface area contributed by atoms with E-state index in [-0.39, 0.29) is 11.1 Å². The molecule has 0 radical (unpaired) electrons. The van der Waals surface area contributed by atoms with Crippen molar-refractivity contribution < 1.29 is 9.59 Å². The van der Waals surface area contributed by atoms with Crippen LogP contribution in [-0.4, -0.2) is 48.5 Å². The molecule has 2 amide bonds. The lowest BCUT2D eigenvalue weighted by molar-refractivity contribution is -0.124. The van der Waals surface area contributed by atoms with Gasteiger partial charge in [0.15, 0.2) is 5.16 Å². The topological polar surface area (TPSA) is 67.6 Å². The molecule has 2 aromatic rings. The molecule has 1 aliphatic rings. The summed E-state index contributed by atoms with van der Waals surface area (Å²) in [6.07, 6.45) is 7.15. The highest BCUT2D eigenvalue weighted by Crippen LogP contribution is 2.21. The van der Waals surface area contributed by atoms with Gasteiger partial charge in [-0.05, 0) is 18.9 Å². The first-order chi connectivity index (χ1) is 10.3. The molecule has 3 rings (SSSR count). The van der Waals surface area contributed by atoms with Gasteiger partial charge in [-0.1, -0.05) is 23.5 Å². The number of imidazole rings is 1. The maximum atomic E-state index is 11.4. The van der Waals surface area contributed by atoms with E-state index in [1.54, 1.807) is 24.2 Å². The fraction of sp³-hybridized carbons (Fsp3) is 0.385. The first kappa shape index (κ1) is 14.4. The number of nitrogens with zero attached hydrogens (tertiary/aromatic N) is 4. The molecule has 0 N–H and O–H groups in total. The van der Waals surface area contributed by atoms with Gasteiger partial charge in [0.2, 0.25) is 5.91 Å². The van der Waals surface area contributed by atoms with Crippen molar-refractivity contribution in [3.05, 3.63) is 24.7 Å². The smallest absolute Gasteiger partial charge is 0.279 e. The van der Waals surface area contributed by atoms with E-state index in [0.717, 1.165) is 41.2 Å². The average molecular weight is 322 g/mol. The van der Waals surface area contributed by atoms with E-state index < -0.39 is 0 Å². The highest BCUT2D eigenvalue weighted by molar-refractivity contribution is 8.14. The molecule has 110 valence electrons. The summed E-state index contributed by atoms with van der Waals surface area (Å²) in [5, 5.41) is 0.798. The molecule has 0 atom stereocenters. The standard InChI is InChI=1S/C13H14N4O2S2/c18-11-9-21-13(19)17(11)6-1-2-8-20-12-15-4-3-10-14-5-7-16(10)12/h3-5,7H,1-2,6,8-9H2. The third-order valence-corrected chi connectivity index (χ3v) is 5.04. The molecule has 0 saturated carbocycles. The minimum Gasteiger partial charge on any atom is -0.279 e. The van der Waals surface area contributed by atoms with Crippen LogP contribution in [-0.2, 0) is 4.79 Å². The highest BCUT2D eigenvalue weighted by atomic mass is 32.2. The Kier molecular flexibility index (Phi) is 4.45. The third-order valence-electron chi connectivity index (χ3n) is 3.13. The molecule has 0 spiro atoms. The number of hydrogen-bond acceptors (Lipinski definition) is 6. The highest BCUT2D eigenvalue weighted by Gasteiger charge is 2.28. The summed E-state index contributed by atoms with van der Waals surface area (Å²) in [5.41, 5.74) is 0.887. The van der Waals surface area contributed by atoms with E-state index in [0.29, 0.717) is 12.3 Å². The van der Waals surface area contributed by atoms with Gasteiger partial charge in [-0.15, -0.1) is 0 Å². The molecule has 0 bridgehead atoms. The number of thioether (sulfide) groups is 2. The van der Waals surface area contributed by atoms with Crippen molar-refractivity contribution in [1.82, 2.24) is 19.3 Å². The lowest BCUT2D eigenvalue weighted by atomic mass is 10.3. The molecule has 8 heteroatoms. The Morgan fingerprint density at radius 2 is 2.14 bits per heavy atom. The zero-order valence-corrected chi connectivity index (χ0v) is 12.9. The van der Waals surface area contributed by atoms with E-state index in [4.69, 9.17) is 0 Å². The maximum Gasteiger partial charge on any atom is 0.288 e. The van der Waals surface area contributed by atoms with E-state index in [9.17, 15) is 9.59 Å². The van der Waals surface area contributed by atoms with Crippen molar-refractivity contribution in [1.29, 1.82) is 0 Å². The molecule has 21 heavy (non-hydrogen) atoms.